The second kappa shape index (κ2) is 8.10. The summed E-state index contributed by atoms with van der Waals surface area (Å²) in [5.41, 5.74) is 0. The Labute approximate surface area is 128 Å². The Morgan fingerprint density at radius 3 is 2.79 bits per heavy atom. The van der Waals surface area contributed by atoms with Crippen molar-refractivity contribution in [3.8, 4) is 5.75 Å². The fourth-order valence-electron chi connectivity index (χ4n) is 2.38. The number of benzene rings is 1. The summed E-state index contributed by atoms with van der Waals surface area (Å²) in [6.45, 7) is 7.24. The zero-order chi connectivity index (χ0) is 13.5. The second-order valence-electron chi connectivity index (χ2n) is 5.00. The van der Waals surface area contributed by atoms with Crippen LogP contribution in [-0.2, 0) is 0 Å². The van der Waals surface area contributed by atoms with Crippen molar-refractivity contribution in [2.75, 3.05) is 39.3 Å². The van der Waals surface area contributed by atoms with Gasteiger partial charge in [0.2, 0.25) is 0 Å². The molecule has 106 valence electrons. The first-order valence-corrected chi connectivity index (χ1v) is 8.16. The highest BCUT2D eigenvalue weighted by atomic mass is 79.9. The molecule has 3 nitrogen and oxygen atoms in total. The summed E-state index contributed by atoms with van der Waals surface area (Å²) in [5.74, 6) is 0.879. The van der Waals surface area contributed by atoms with Gasteiger partial charge in [0.15, 0.2) is 0 Å². The predicted molar refractivity (Wildman–Crippen MR) is 81.1 cm³/mol. The van der Waals surface area contributed by atoms with Gasteiger partial charge in [0.05, 0.1) is 17.6 Å². The van der Waals surface area contributed by atoms with Crippen LogP contribution in [0.25, 0.3) is 0 Å². The number of hydrogen-bond donors (Lipinski definition) is 2. The Balaban J connectivity index is 1.61. The van der Waals surface area contributed by atoms with E-state index in [9.17, 15) is 0 Å². The summed E-state index contributed by atoms with van der Waals surface area (Å²) >= 11 is 9.36. The van der Waals surface area contributed by atoms with Gasteiger partial charge >= 0.3 is 0 Å². The summed E-state index contributed by atoms with van der Waals surface area (Å²) in [6, 6.07) is 5.64. The third-order valence-electron chi connectivity index (χ3n) is 3.48. The molecule has 1 fully saturated rings. The van der Waals surface area contributed by atoms with Crippen LogP contribution in [0.4, 0.5) is 0 Å². The lowest BCUT2D eigenvalue weighted by Gasteiger charge is -2.22. The fraction of sp³-hybridized carbons (Fsp3) is 0.571. The second-order valence-corrected chi connectivity index (χ2v) is 6.29. The van der Waals surface area contributed by atoms with E-state index in [1.807, 2.05) is 18.2 Å². The van der Waals surface area contributed by atoms with E-state index in [1.54, 1.807) is 4.90 Å². The summed E-state index contributed by atoms with van der Waals surface area (Å²) in [5, 5.41) is 3.13. The van der Waals surface area contributed by atoms with Crippen LogP contribution in [0, 0.1) is 0 Å². The summed E-state index contributed by atoms with van der Waals surface area (Å²) in [7, 11) is 0. The third-order valence-corrected chi connectivity index (χ3v) is 4.33. The summed E-state index contributed by atoms with van der Waals surface area (Å²) in [6.07, 6.45) is 2.35. The Bertz CT molecular complexity index is 397. The van der Waals surface area contributed by atoms with Crippen LogP contribution in [0.5, 0.6) is 5.75 Å². The van der Waals surface area contributed by atoms with E-state index in [1.165, 1.54) is 39.1 Å². The van der Waals surface area contributed by atoms with Crippen molar-refractivity contribution in [2.24, 2.45) is 0 Å². The van der Waals surface area contributed by atoms with Gasteiger partial charge in [0, 0.05) is 5.02 Å². The van der Waals surface area contributed by atoms with Crippen molar-refractivity contribution < 1.29 is 15.0 Å². The number of hydrogen-bond acceptors (Lipinski definition) is 1. The van der Waals surface area contributed by atoms with Crippen molar-refractivity contribution >= 4 is 27.5 Å². The highest BCUT2D eigenvalue weighted by molar-refractivity contribution is 9.10. The number of rotatable bonds is 6. The number of nitrogens with two attached hydrogens (primary N) is 1. The maximum Gasteiger partial charge on any atom is 0.133 e. The van der Waals surface area contributed by atoms with Crippen LogP contribution in [0.2, 0.25) is 5.02 Å². The lowest BCUT2D eigenvalue weighted by molar-refractivity contribution is -0.946. The van der Waals surface area contributed by atoms with Gasteiger partial charge in [-0.05, 0) is 47.0 Å². The number of nitrogens with one attached hydrogen (secondary N) is 1. The van der Waals surface area contributed by atoms with Crippen LogP contribution < -0.4 is 15.0 Å². The minimum Gasteiger partial charge on any atom is -0.492 e. The van der Waals surface area contributed by atoms with Crippen LogP contribution in [0.3, 0.4) is 0 Å². The van der Waals surface area contributed by atoms with Crippen LogP contribution >= 0.6 is 27.5 Å². The van der Waals surface area contributed by atoms with Gasteiger partial charge in [-0.1, -0.05) is 11.6 Å². The smallest absolute Gasteiger partial charge is 0.133 e. The van der Waals surface area contributed by atoms with Crippen molar-refractivity contribution in [1.29, 1.82) is 0 Å². The molecule has 0 bridgehead atoms. The summed E-state index contributed by atoms with van der Waals surface area (Å²) < 4.78 is 6.69. The Morgan fingerprint density at radius 2 is 2.05 bits per heavy atom. The van der Waals surface area contributed by atoms with E-state index >= 15 is 0 Å². The monoisotopic (exact) mass is 348 g/mol. The fourth-order valence-corrected chi connectivity index (χ4v) is 3.18. The molecular weight excluding hydrogens is 328 g/mol. The summed E-state index contributed by atoms with van der Waals surface area (Å²) in [4.78, 5) is 1.75. The molecule has 5 heteroatoms. The molecule has 0 aliphatic carbocycles. The van der Waals surface area contributed by atoms with Gasteiger partial charge in [-0.2, -0.15) is 0 Å². The highest BCUT2D eigenvalue weighted by Crippen LogP contribution is 2.27. The third kappa shape index (κ3) is 5.30. The molecule has 19 heavy (non-hydrogen) atoms. The minimum absolute atomic E-state index is 0.727. The molecule has 0 aromatic heterocycles. The average molecular weight is 350 g/mol. The molecule has 0 atom stereocenters. The number of quaternary nitrogens is 2. The predicted octanol–water partition coefficient (Wildman–Crippen LogP) is 0.723. The SMILES string of the molecule is Clc1ccc(OCCCC[NH+]2CC[NH2+]CC2)c(Br)c1. The quantitative estimate of drug-likeness (QED) is 0.729. The van der Waals surface area contributed by atoms with E-state index in [4.69, 9.17) is 16.3 Å². The first-order chi connectivity index (χ1) is 9.25. The maximum atomic E-state index is 5.90. The molecule has 0 spiro atoms. The topological polar surface area (TPSA) is 30.3 Å². The standard InChI is InChI=1S/C14H20BrClN2O/c15-13-11-12(16)3-4-14(13)19-10-2-1-7-18-8-5-17-6-9-18/h3-4,11,17H,1-2,5-10H2/p+2. The first kappa shape index (κ1) is 15.1. The van der Waals surface area contributed by atoms with E-state index < -0.39 is 0 Å². The van der Waals surface area contributed by atoms with Gasteiger partial charge in [-0.25, -0.2) is 0 Å². The number of piperazine rings is 1. The zero-order valence-electron chi connectivity index (χ0n) is 11.1. The van der Waals surface area contributed by atoms with Crippen molar-refractivity contribution in [2.45, 2.75) is 12.8 Å². The zero-order valence-corrected chi connectivity index (χ0v) is 13.5. The average Bonchev–Trinajstić information content (AvgIpc) is 2.42. The van der Waals surface area contributed by atoms with Crippen LogP contribution in [-0.4, -0.2) is 39.3 Å². The van der Waals surface area contributed by atoms with Gasteiger partial charge in [-0.15, -0.1) is 0 Å². The molecule has 1 aromatic rings. The Kier molecular flexibility index (Phi) is 6.44. The van der Waals surface area contributed by atoms with Crippen LogP contribution in [0.15, 0.2) is 22.7 Å². The van der Waals surface area contributed by atoms with Gasteiger partial charge in [-0.3, -0.25) is 0 Å². The largest absolute Gasteiger partial charge is 0.492 e. The molecule has 1 aliphatic heterocycles. The van der Waals surface area contributed by atoms with E-state index in [0.29, 0.717) is 0 Å². The Hall–Kier alpha value is -0.290. The minimum atomic E-state index is 0.727. The van der Waals surface area contributed by atoms with E-state index in [2.05, 4.69) is 21.2 Å². The van der Waals surface area contributed by atoms with E-state index in [0.717, 1.165) is 28.3 Å². The van der Waals surface area contributed by atoms with E-state index in [-0.39, 0.29) is 0 Å². The van der Waals surface area contributed by atoms with Crippen molar-refractivity contribution in [3.63, 3.8) is 0 Å². The molecule has 3 N–H and O–H groups in total. The molecular formula is C14H22BrClN2O+2. The number of ether oxygens (including phenoxy) is 1. The molecule has 0 amide bonds. The first-order valence-electron chi connectivity index (χ1n) is 6.99. The molecule has 0 saturated carbocycles. The molecule has 0 radical (unpaired) electrons. The number of halogens is 2. The van der Waals surface area contributed by atoms with Crippen LogP contribution in [0.1, 0.15) is 12.8 Å². The lowest BCUT2D eigenvalue weighted by atomic mass is 10.2. The molecule has 1 aliphatic rings. The molecule has 1 aromatic carbocycles. The normalized spacial score (nSPS) is 16.5. The molecule has 0 unspecified atom stereocenters. The van der Waals surface area contributed by atoms with Gasteiger partial charge < -0.3 is 15.0 Å². The number of unbranched alkanes of at least 4 members (excludes halogenated alkanes) is 1. The highest BCUT2D eigenvalue weighted by Gasteiger charge is 2.14. The van der Waals surface area contributed by atoms with Gasteiger partial charge in [0.25, 0.3) is 0 Å². The molecule has 2 rings (SSSR count). The van der Waals surface area contributed by atoms with Gasteiger partial charge in [0.1, 0.15) is 31.9 Å². The van der Waals surface area contributed by atoms with Crippen molar-refractivity contribution in [1.82, 2.24) is 0 Å². The maximum absolute atomic E-state index is 5.90. The molecule has 1 saturated heterocycles. The lowest BCUT2D eigenvalue weighted by Crippen LogP contribution is -3.20. The van der Waals surface area contributed by atoms with Crippen molar-refractivity contribution in [3.05, 3.63) is 27.7 Å². The Morgan fingerprint density at radius 1 is 1.26 bits per heavy atom. The molecule has 1 heterocycles.